The lowest BCUT2D eigenvalue weighted by atomic mass is 9.80. The molecule has 1 fully saturated rings. The molecule has 0 aliphatic carbocycles. The molecule has 0 bridgehead atoms. The first-order chi connectivity index (χ1) is 11.5. The predicted molar refractivity (Wildman–Crippen MR) is 97.0 cm³/mol. The minimum absolute atomic E-state index is 0.0171. The van der Waals surface area contributed by atoms with Crippen LogP contribution in [0.4, 0.5) is 0 Å². The van der Waals surface area contributed by atoms with Crippen LogP contribution in [0.5, 0.6) is 5.75 Å². The molecule has 1 N–H and O–H groups in total. The molecule has 0 aromatic heterocycles. The van der Waals surface area contributed by atoms with Gasteiger partial charge in [0.25, 0.3) is 0 Å². The summed E-state index contributed by atoms with van der Waals surface area (Å²) in [7, 11) is 0. The summed E-state index contributed by atoms with van der Waals surface area (Å²) < 4.78 is 11.7. The number of benzene rings is 1. The molecule has 1 saturated heterocycles. The van der Waals surface area contributed by atoms with Gasteiger partial charge in [-0.2, -0.15) is 0 Å². The van der Waals surface area contributed by atoms with Gasteiger partial charge in [0.15, 0.2) is 0 Å². The second kappa shape index (κ2) is 6.31. The Balaban J connectivity index is 1.87. The summed E-state index contributed by atoms with van der Waals surface area (Å²) in [5.41, 5.74) is 3.61. The molecule has 0 unspecified atom stereocenters. The molecule has 138 valence electrons. The van der Waals surface area contributed by atoms with Gasteiger partial charge in [0.2, 0.25) is 0 Å². The van der Waals surface area contributed by atoms with Crippen LogP contribution in [0.1, 0.15) is 70.6 Å². The number of cyclic esters (lactones) is 1. The third-order valence-electron chi connectivity index (χ3n) is 5.10. The summed E-state index contributed by atoms with van der Waals surface area (Å²) in [5.74, 6) is 0.718. The van der Waals surface area contributed by atoms with Gasteiger partial charge in [0, 0.05) is 12.8 Å². The lowest BCUT2D eigenvalue weighted by molar-refractivity contribution is -0.160. The fraction of sp³-hybridized carbons (Fsp3) is 0.667. The summed E-state index contributed by atoms with van der Waals surface area (Å²) in [6.07, 6.45) is 2.26. The number of hydrogen-bond donors (Lipinski definition) is 1. The van der Waals surface area contributed by atoms with E-state index in [2.05, 4.69) is 46.8 Å². The first-order valence-corrected chi connectivity index (χ1v) is 9.27. The molecule has 4 heteroatoms. The van der Waals surface area contributed by atoms with Crippen molar-refractivity contribution in [1.82, 2.24) is 0 Å². The molecule has 2 atom stereocenters. The van der Waals surface area contributed by atoms with E-state index in [1.54, 1.807) is 0 Å². The molecule has 3 rings (SSSR count). The predicted octanol–water partition coefficient (Wildman–Crippen LogP) is 3.70. The largest absolute Gasteiger partial charge is 0.487 e. The van der Waals surface area contributed by atoms with Gasteiger partial charge in [0.05, 0.1) is 12.5 Å². The Morgan fingerprint density at radius 1 is 1.28 bits per heavy atom. The van der Waals surface area contributed by atoms with Crippen molar-refractivity contribution < 1.29 is 19.4 Å². The number of rotatable bonds is 3. The van der Waals surface area contributed by atoms with E-state index in [1.165, 1.54) is 16.7 Å². The van der Waals surface area contributed by atoms with Crippen LogP contribution in [0.15, 0.2) is 12.1 Å². The number of esters is 1. The lowest BCUT2D eigenvalue weighted by Gasteiger charge is -2.28. The number of carbonyl (C=O) groups excluding carboxylic acids is 1. The smallest absolute Gasteiger partial charge is 0.308 e. The standard InChI is InChI=1S/C21H30O4/c1-20(2,3)17-9-6-13-12-21(4,5)25-19(13)16(17)8-7-15-10-14(22)11-18(23)24-15/h6,9,14-15,22H,7-8,10-12H2,1-5H3/t14-,15-/m1/s1. The molecule has 1 aromatic rings. The zero-order chi connectivity index (χ0) is 18.4. The maximum Gasteiger partial charge on any atom is 0.308 e. The van der Waals surface area contributed by atoms with Crippen molar-refractivity contribution in [2.24, 2.45) is 0 Å². The quantitative estimate of drug-likeness (QED) is 0.848. The highest BCUT2D eigenvalue weighted by molar-refractivity contribution is 5.71. The molecular weight excluding hydrogens is 316 g/mol. The average molecular weight is 346 g/mol. The van der Waals surface area contributed by atoms with Gasteiger partial charge in [-0.25, -0.2) is 0 Å². The molecule has 0 radical (unpaired) electrons. The second-order valence-electron chi connectivity index (χ2n) is 9.11. The first-order valence-electron chi connectivity index (χ1n) is 9.27. The van der Waals surface area contributed by atoms with Crippen LogP contribution < -0.4 is 4.74 Å². The zero-order valence-electron chi connectivity index (χ0n) is 16.0. The fourth-order valence-electron chi connectivity index (χ4n) is 4.01. The van der Waals surface area contributed by atoms with E-state index in [-0.39, 0.29) is 29.5 Å². The molecular formula is C21H30O4. The van der Waals surface area contributed by atoms with Gasteiger partial charge >= 0.3 is 5.97 Å². The van der Waals surface area contributed by atoms with E-state index in [4.69, 9.17) is 9.47 Å². The SMILES string of the molecule is CC1(C)Cc2ccc(C(C)(C)C)c(CC[C@@H]3C[C@@H](O)CC(=O)O3)c2O1. The van der Waals surface area contributed by atoms with E-state index in [0.717, 1.165) is 18.6 Å². The minimum Gasteiger partial charge on any atom is -0.487 e. The topological polar surface area (TPSA) is 55.8 Å². The lowest BCUT2D eigenvalue weighted by Crippen LogP contribution is -2.33. The van der Waals surface area contributed by atoms with Crippen LogP contribution >= 0.6 is 0 Å². The molecule has 2 aliphatic rings. The van der Waals surface area contributed by atoms with Crippen molar-refractivity contribution in [3.05, 3.63) is 28.8 Å². The third-order valence-corrected chi connectivity index (χ3v) is 5.10. The van der Waals surface area contributed by atoms with Crippen LogP contribution in [0, 0.1) is 0 Å². The zero-order valence-corrected chi connectivity index (χ0v) is 16.0. The van der Waals surface area contributed by atoms with Crippen molar-refractivity contribution >= 4 is 5.97 Å². The van der Waals surface area contributed by atoms with E-state index in [1.807, 2.05) is 0 Å². The van der Waals surface area contributed by atoms with Gasteiger partial charge in [0.1, 0.15) is 17.5 Å². The number of aliphatic hydroxyl groups is 1. The number of hydrogen-bond acceptors (Lipinski definition) is 4. The van der Waals surface area contributed by atoms with E-state index in [9.17, 15) is 9.90 Å². The number of fused-ring (bicyclic) bond motifs is 1. The number of ether oxygens (including phenoxy) is 2. The summed E-state index contributed by atoms with van der Waals surface area (Å²) in [5, 5.41) is 9.83. The van der Waals surface area contributed by atoms with Crippen LogP contribution in [0.3, 0.4) is 0 Å². The normalized spacial score (nSPS) is 25.3. The highest BCUT2D eigenvalue weighted by atomic mass is 16.5. The Morgan fingerprint density at radius 2 is 2.00 bits per heavy atom. The maximum atomic E-state index is 11.6. The molecule has 0 amide bonds. The van der Waals surface area contributed by atoms with Crippen molar-refractivity contribution in [2.45, 2.75) is 89.9 Å². The van der Waals surface area contributed by atoms with Crippen LogP contribution in [0.25, 0.3) is 0 Å². The van der Waals surface area contributed by atoms with Crippen LogP contribution in [-0.4, -0.2) is 28.9 Å². The molecule has 4 nitrogen and oxygen atoms in total. The molecule has 2 heterocycles. The Morgan fingerprint density at radius 3 is 2.64 bits per heavy atom. The van der Waals surface area contributed by atoms with Gasteiger partial charge in [-0.3, -0.25) is 4.79 Å². The maximum absolute atomic E-state index is 11.6. The van der Waals surface area contributed by atoms with E-state index < -0.39 is 6.10 Å². The summed E-state index contributed by atoms with van der Waals surface area (Å²) in [6, 6.07) is 4.42. The van der Waals surface area contributed by atoms with Gasteiger partial charge in [-0.05, 0) is 48.8 Å². The minimum atomic E-state index is -0.579. The molecule has 0 spiro atoms. The van der Waals surface area contributed by atoms with Crippen molar-refractivity contribution in [1.29, 1.82) is 0 Å². The van der Waals surface area contributed by atoms with Gasteiger partial charge < -0.3 is 14.6 Å². The Hall–Kier alpha value is -1.55. The van der Waals surface area contributed by atoms with Crippen LogP contribution in [0.2, 0.25) is 0 Å². The highest BCUT2D eigenvalue weighted by Crippen LogP contribution is 2.43. The summed E-state index contributed by atoms with van der Waals surface area (Å²) in [4.78, 5) is 11.6. The van der Waals surface area contributed by atoms with Crippen molar-refractivity contribution in [3.63, 3.8) is 0 Å². The summed E-state index contributed by atoms with van der Waals surface area (Å²) >= 11 is 0. The molecule has 1 aromatic carbocycles. The average Bonchev–Trinajstić information content (AvgIpc) is 2.76. The summed E-state index contributed by atoms with van der Waals surface area (Å²) in [6.45, 7) is 10.9. The van der Waals surface area contributed by atoms with Gasteiger partial charge in [-0.15, -0.1) is 0 Å². The monoisotopic (exact) mass is 346 g/mol. The number of aliphatic hydroxyl groups excluding tert-OH is 1. The van der Waals surface area contributed by atoms with E-state index in [0.29, 0.717) is 12.8 Å². The highest BCUT2D eigenvalue weighted by Gasteiger charge is 2.35. The third kappa shape index (κ3) is 4.00. The van der Waals surface area contributed by atoms with Crippen molar-refractivity contribution in [3.8, 4) is 5.75 Å². The van der Waals surface area contributed by atoms with E-state index >= 15 is 0 Å². The molecule has 0 saturated carbocycles. The first kappa shape index (κ1) is 18.2. The Bertz CT molecular complexity index is 669. The molecule has 25 heavy (non-hydrogen) atoms. The second-order valence-corrected chi connectivity index (χ2v) is 9.11. The fourth-order valence-corrected chi connectivity index (χ4v) is 4.01. The Labute approximate surface area is 150 Å². The van der Waals surface area contributed by atoms with Gasteiger partial charge in [-0.1, -0.05) is 32.9 Å². The number of carbonyl (C=O) groups is 1. The van der Waals surface area contributed by atoms with Crippen molar-refractivity contribution in [2.75, 3.05) is 0 Å². The Kier molecular flexibility index (Phi) is 4.61. The molecule has 2 aliphatic heterocycles. The van der Waals surface area contributed by atoms with Crippen LogP contribution in [-0.2, 0) is 27.8 Å².